The molecule has 4 aromatic rings. The van der Waals surface area contributed by atoms with Gasteiger partial charge in [-0.05, 0) is 54.4 Å². The molecule has 0 saturated carbocycles. The number of benzene rings is 2. The first-order valence-electron chi connectivity index (χ1n) is 10.3. The zero-order valence-electron chi connectivity index (χ0n) is 17.0. The lowest BCUT2D eigenvalue weighted by atomic mass is 9.99. The number of fused-ring (bicyclic) bond motifs is 3. The molecular formula is C25H19FN4O2. The molecule has 0 spiro atoms. The second-order valence-electron chi connectivity index (χ2n) is 7.52. The van der Waals surface area contributed by atoms with Crippen LogP contribution < -0.4 is 5.32 Å². The minimum Gasteiger partial charge on any atom is -0.310 e. The lowest BCUT2D eigenvalue weighted by Gasteiger charge is -2.16. The SMILES string of the molecule is O=C(Nc1ccccn1)C1C=NCCc2c1n(C(=O)c1ccc(F)cc1)c1ccccc21. The summed E-state index contributed by atoms with van der Waals surface area (Å²) in [5.41, 5.74) is 2.53. The molecule has 0 bridgehead atoms. The van der Waals surface area contributed by atoms with Crippen molar-refractivity contribution < 1.29 is 14.0 Å². The topological polar surface area (TPSA) is 76.3 Å². The van der Waals surface area contributed by atoms with Crippen LogP contribution in [0.1, 0.15) is 27.5 Å². The van der Waals surface area contributed by atoms with Crippen LogP contribution in [0.25, 0.3) is 10.9 Å². The van der Waals surface area contributed by atoms with Crippen LogP contribution in [0.5, 0.6) is 0 Å². The van der Waals surface area contributed by atoms with Gasteiger partial charge in [0.1, 0.15) is 17.6 Å². The van der Waals surface area contributed by atoms with Crippen molar-refractivity contribution in [2.75, 3.05) is 11.9 Å². The zero-order chi connectivity index (χ0) is 22.1. The van der Waals surface area contributed by atoms with Crippen LogP contribution in [0, 0.1) is 5.82 Å². The molecule has 1 unspecified atom stereocenters. The average Bonchev–Trinajstić information content (AvgIpc) is 2.97. The Kier molecular flexibility index (Phi) is 5.07. The number of pyridine rings is 1. The molecule has 0 saturated heterocycles. The molecular weight excluding hydrogens is 407 g/mol. The molecule has 32 heavy (non-hydrogen) atoms. The maximum atomic E-state index is 13.6. The highest BCUT2D eigenvalue weighted by molar-refractivity contribution is 6.11. The number of anilines is 1. The Labute approximate surface area is 183 Å². The smallest absolute Gasteiger partial charge is 0.262 e. The number of halogens is 1. The van der Waals surface area contributed by atoms with Crippen LogP contribution >= 0.6 is 0 Å². The molecule has 158 valence electrons. The third-order valence-electron chi connectivity index (χ3n) is 5.55. The van der Waals surface area contributed by atoms with Crippen molar-refractivity contribution in [1.29, 1.82) is 0 Å². The van der Waals surface area contributed by atoms with E-state index in [0.29, 0.717) is 35.6 Å². The van der Waals surface area contributed by atoms with Crippen molar-refractivity contribution in [1.82, 2.24) is 9.55 Å². The minimum absolute atomic E-state index is 0.326. The average molecular weight is 426 g/mol. The number of aromatic nitrogens is 2. The largest absolute Gasteiger partial charge is 0.310 e. The van der Waals surface area contributed by atoms with E-state index in [1.165, 1.54) is 24.3 Å². The van der Waals surface area contributed by atoms with E-state index in [-0.39, 0.29) is 11.8 Å². The highest BCUT2D eigenvalue weighted by Gasteiger charge is 2.32. The van der Waals surface area contributed by atoms with Crippen LogP contribution in [0.3, 0.4) is 0 Å². The third kappa shape index (κ3) is 3.47. The highest BCUT2D eigenvalue weighted by Crippen LogP contribution is 2.34. The van der Waals surface area contributed by atoms with E-state index >= 15 is 0 Å². The van der Waals surface area contributed by atoms with Gasteiger partial charge in [0.25, 0.3) is 5.91 Å². The van der Waals surface area contributed by atoms with Gasteiger partial charge in [-0.2, -0.15) is 0 Å². The quantitative estimate of drug-likeness (QED) is 0.533. The summed E-state index contributed by atoms with van der Waals surface area (Å²) in [4.78, 5) is 35.5. The van der Waals surface area contributed by atoms with E-state index in [1.54, 1.807) is 35.2 Å². The molecule has 1 atom stereocenters. The van der Waals surface area contributed by atoms with Gasteiger partial charge in [0.2, 0.25) is 5.91 Å². The number of hydrogen-bond donors (Lipinski definition) is 1. The number of aliphatic imine (C=N–C) groups is 1. The summed E-state index contributed by atoms with van der Waals surface area (Å²) in [5, 5.41) is 3.72. The van der Waals surface area contributed by atoms with Crippen LogP contribution in [0.15, 0.2) is 77.9 Å². The van der Waals surface area contributed by atoms with E-state index in [1.807, 2.05) is 24.3 Å². The van der Waals surface area contributed by atoms with E-state index < -0.39 is 11.7 Å². The summed E-state index contributed by atoms with van der Waals surface area (Å²) in [6.07, 6.45) is 3.79. The van der Waals surface area contributed by atoms with Crippen molar-refractivity contribution >= 4 is 34.7 Å². The van der Waals surface area contributed by atoms with Crippen LogP contribution in [-0.2, 0) is 11.2 Å². The Morgan fingerprint density at radius 2 is 1.78 bits per heavy atom. The van der Waals surface area contributed by atoms with E-state index in [0.717, 1.165) is 10.9 Å². The molecule has 2 aromatic heterocycles. The van der Waals surface area contributed by atoms with Gasteiger partial charge in [-0.15, -0.1) is 0 Å². The standard InChI is InChI=1S/C25H19FN4O2/c26-17-10-8-16(9-11-17)25(32)30-21-6-2-1-5-18(21)19-12-14-27-15-20(23(19)30)24(31)29-22-7-3-4-13-28-22/h1-11,13,15,20H,12,14H2,(H,28,29,31). The van der Waals surface area contributed by atoms with Crippen molar-refractivity contribution in [2.45, 2.75) is 12.3 Å². The van der Waals surface area contributed by atoms with E-state index in [2.05, 4.69) is 15.3 Å². The summed E-state index contributed by atoms with van der Waals surface area (Å²) in [5.74, 6) is -1.44. The Morgan fingerprint density at radius 1 is 1.00 bits per heavy atom. The Balaban J connectivity index is 1.68. The van der Waals surface area contributed by atoms with E-state index in [9.17, 15) is 14.0 Å². The normalized spacial score (nSPS) is 15.2. The van der Waals surface area contributed by atoms with Gasteiger partial charge in [-0.25, -0.2) is 9.37 Å². The molecule has 1 aliphatic rings. The molecule has 0 radical (unpaired) electrons. The zero-order valence-corrected chi connectivity index (χ0v) is 17.0. The number of rotatable bonds is 3. The molecule has 3 heterocycles. The molecule has 0 aliphatic carbocycles. The third-order valence-corrected chi connectivity index (χ3v) is 5.55. The molecule has 1 amide bonds. The lowest BCUT2D eigenvalue weighted by Crippen LogP contribution is -2.27. The number of para-hydroxylation sites is 1. The number of nitrogens with zero attached hydrogens (tertiary/aromatic N) is 3. The number of nitrogens with one attached hydrogen (secondary N) is 1. The second-order valence-corrected chi connectivity index (χ2v) is 7.52. The van der Waals surface area contributed by atoms with E-state index in [4.69, 9.17) is 0 Å². The summed E-state index contributed by atoms with van der Waals surface area (Å²) in [7, 11) is 0. The molecule has 1 aliphatic heterocycles. The van der Waals surface area contributed by atoms with Gasteiger partial charge in [-0.1, -0.05) is 24.3 Å². The van der Waals surface area contributed by atoms with Gasteiger partial charge in [0, 0.05) is 35.6 Å². The first-order chi connectivity index (χ1) is 15.6. The molecule has 7 heteroatoms. The van der Waals surface area contributed by atoms with Gasteiger partial charge >= 0.3 is 0 Å². The molecule has 1 N–H and O–H groups in total. The number of carbonyl (C=O) groups excluding carboxylic acids is 2. The molecule has 0 fully saturated rings. The summed E-state index contributed by atoms with van der Waals surface area (Å²) >= 11 is 0. The number of carbonyl (C=O) groups is 2. The molecule has 5 rings (SSSR count). The van der Waals surface area contributed by atoms with Crippen molar-refractivity contribution in [3.8, 4) is 0 Å². The first kappa shape index (κ1) is 19.8. The summed E-state index contributed by atoms with van der Waals surface area (Å²) in [6, 6.07) is 18.2. The van der Waals surface area contributed by atoms with Crippen LogP contribution in [0.2, 0.25) is 0 Å². The Bertz CT molecular complexity index is 1340. The molecule has 2 aromatic carbocycles. The fraction of sp³-hybridized carbons (Fsp3) is 0.120. The van der Waals surface area contributed by atoms with Gasteiger partial charge in [0.05, 0.1) is 5.52 Å². The monoisotopic (exact) mass is 426 g/mol. The van der Waals surface area contributed by atoms with Crippen molar-refractivity contribution in [2.24, 2.45) is 4.99 Å². The highest BCUT2D eigenvalue weighted by atomic mass is 19.1. The minimum atomic E-state index is -0.786. The summed E-state index contributed by atoms with van der Waals surface area (Å²) < 4.78 is 15.0. The van der Waals surface area contributed by atoms with Gasteiger partial charge < -0.3 is 5.32 Å². The van der Waals surface area contributed by atoms with Gasteiger partial charge in [-0.3, -0.25) is 19.1 Å². The summed E-state index contributed by atoms with van der Waals surface area (Å²) in [6.45, 7) is 0.513. The predicted octanol–water partition coefficient (Wildman–Crippen LogP) is 4.21. The molecule has 6 nitrogen and oxygen atoms in total. The Morgan fingerprint density at radius 3 is 2.56 bits per heavy atom. The second kappa shape index (κ2) is 8.19. The van der Waals surface area contributed by atoms with Crippen LogP contribution in [-0.4, -0.2) is 34.1 Å². The lowest BCUT2D eigenvalue weighted by molar-refractivity contribution is -0.116. The fourth-order valence-electron chi connectivity index (χ4n) is 4.12. The van der Waals surface area contributed by atoms with Gasteiger partial charge in [0.15, 0.2) is 0 Å². The maximum absolute atomic E-state index is 13.6. The maximum Gasteiger partial charge on any atom is 0.262 e. The first-order valence-corrected chi connectivity index (χ1v) is 10.3. The number of amides is 1. The van der Waals surface area contributed by atoms with Crippen molar-refractivity contribution in [3.63, 3.8) is 0 Å². The Hall–Kier alpha value is -4.13. The fourth-order valence-corrected chi connectivity index (χ4v) is 4.12. The number of hydrogen-bond acceptors (Lipinski definition) is 4. The predicted molar refractivity (Wildman–Crippen MR) is 121 cm³/mol. The van der Waals surface area contributed by atoms with Crippen molar-refractivity contribution in [3.05, 3.63) is 95.6 Å². The van der Waals surface area contributed by atoms with Crippen LogP contribution in [0.4, 0.5) is 10.2 Å².